The third kappa shape index (κ3) is 3.03. The van der Waals surface area contributed by atoms with Gasteiger partial charge >= 0.3 is 0 Å². The monoisotopic (exact) mass is 381 g/mol. The molecule has 6 heteroatoms. The minimum absolute atomic E-state index is 0.00643. The molecular formula is C22H27N3O3. The molecule has 0 spiro atoms. The average molecular weight is 381 g/mol. The highest BCUT2D eigenvalue weighted by molar-refractivity contribution is 6.23. The molecule has 1 aromatic heterocycles. The van der Waals surface area contributed by atoms with Crippen LogP contribution in [0.1, 0.15) is 96.7 Å². The summed E-state index contributed by atoms with van der Waals surface area (Å²) in [5.74, 6) is -0.530. The predicted octanol–water partition coefficient (Wildman–Crippen LogP) is 3.67. The molecule has 0 fully saturated rings. The van der Waals surface area contributed by atoms with E-state index in [0.29, 0.717) is 11.6 Å². The second-order valence-electron chi connectivity index (χ2n) is 8.29. The number of hydrogen-bond acceptors (Lipinski definition) is 4. The lowest BCUT2D eigenvalue weighted by atomic mass is 9.87. The van der Waals surface area contributed by atoms with Gasteiger partial charge in [0.15, 0.2) is 0 Å². The number of amides is 2. The Morgan fingerprint density at radius 3 is 1.82 bits per heavy atom. The molecule has 0 saturated heterocycles. The van der Waals surface area contributed by atoms with Gasteiger partial charge in [-0.15, -0.1) is 0 Å². The van der Waals surface area contributed by atoms with E-state index in [1.165, 1.54) is 16.2 Å². The van der Waals surface area contributed by atoms with Crippen molar-refractivity contribution < 1.29 is 9.59 Å². The summed E-state index contributed by atoms with van der Waals surface area (Å²) in [6.07, 6.45) is 0. The number of aromatic nitrogens is 1. The average Bonchev–Trinajstić information content (AvgIpc) is 2.87. The Morgan fingerprint density at radius 1 is 0.821 bits per heavy atom. The van der Waals surface area contributed by atoms with Crippen LogP contribution in [-0.4, -0.2) is 16.4 Å². The number of nitrogen functional groups attached to an aromatic ring is 1. The van der Waals surface area contributed by atoms with Gasteiger partial charge in [-0.1, -0.05) is 53.7 Å². The molecule has 1 aromatic carbocycles. The molecule has 0 atom stereocenters. The van der Waals surface area contributed by atoms with Crippen LogP contribution in [0.15, 0.2) is 23.0 Å². The third-order valence-corrected chi connectivity index (χ3v) is 5.28. The van der Waals surface area contributed by atoms with E-state index in [4.69, 9.17) is 5.73 Å². The van der Waals surface area contributed by atoms with Gasteiger partial charge in [0.2, 0.25) is 0 Å². The molecule has 1 aliphatic rings. The molecule has 2 aromatic rings. The van der Waals surface area contributed by atoms with E-state index in [1.54, 1.807) is 0 Å². The van der Waals surface area contributed by atoms with E-state index >= 15 is 0 Å². The zero-order chi connectivity index (χ0) is 20.9. The smallest absolute Gasteiger partial charge is 0.262 e. The largest absolute Gasteiger partial charge is 0.384 e. The number of anilines is 1. The molecule has 2 heterocycles. The van der Waals surface area contributed by atoms with Crippen LogP contribution in [-0.2, 0) is 0 Å². The third-order valence-electron chi connectivity index (χ3n) is 5.28. The summed E-state index contributed by atoms with van der Waals surface area (Å²) in [6.45, 7) is 12.5. The van der Waals surface area contributed by atoms with Crippen LogP contribution in [0, 0.1) is 0 Å². The molecule has 0 saturated carbocycles. The Hall–Kier alpha value is -2.89. The second kappa shape index (κ2) is 6.93. The van der Waals surface area contributed by atoms with Crippen molar-refractivity contribution in [2.75, 3.05) is 5.73 Å². The zero-order valence-electron chi connectivity index (χ0n) is 17.2. The Bertz CT molecular complexity index is 1020. The van der Waals surface area contributed by atoms with Gasteiger partial charge in [-0.05, 0) is 34.4 Å². The van der Waals surface area contributed by atoms with Crippen LogP contribution >= 0.6 is 0 Å². The highest BCUT2D eigenvalue weighted by atomic mass is 16.2. The van der Waals surface area contributed by atoms with E-state index in [0.717, 1.165) is 11.1 Å². The SMILES string of the molecule is CC(C)c1cc(C(C)C)c(-n2c(N)c3c(cc2=O)C(=O)NC3=O)c(C(C)C)c1. The van der Waals surface area contributed by atoms with Crippen molar-refractivity contribution in [2.24, 2.45) is 0 Å². The van der Waals surface area contributed by atoms with Crippen LogP contribution in [0.4, 0.5) is 5.82 Å². The standard InChI is InChI=1S/C22H27N3O3/c1-10(2)13-7-14(11(3)4)19(15(8-13)12(5)6)25-17(26)9-16-18(20(25)23)22(28)24-21(16)27/h7-12H,23H2,1-6H3,(H,24,27,28). The Kier molecular flexibility index (Phi) is 4.91. The van der Waals surface area contributed by atoms with Crippen molar-refractivity contribution in [3.63, 3.8) is 0 Å². The number of carbonyl (C=O) groups is 2. The maximum Gasteiger partial charge on any atom is 0.262 e. The molecule has 0 aliphatic carbocycles. The summed E-state index contributed by atoms with van der Waals surface area (Å²) in [5, 5.41) is 2.22. The topological polar surface area (TPSA) is 94.2 Å². The minimum Gasteiger partial charge on any atom is -0.384 e. The van der Waals surface area contributed by atoms with E-state index in [9.17, 15) is 14.4 Å². The van der Waals surface area contributed by atoms with Crippen molar-refractivity contribution in [1.29, 1.82) is 0 Å². The van der Waals surface area contributed by atoms with Gasteiger partial charge in [0.05, 0.1) is 16.8 Å². The molecule has 3 rings (SSSR count). The second-order valence-corrected chi connectivity index (χ2v) is 8.29. The van der Waals surface area contributed by atoms with Crippen LogP contribution in [0.5, 0.6) is 0 Å². The Morgan fingerprint density at radius 2 is 1.36 bits per heavy atom. The van der Waals surface area contributed by atoms with Crippen LogP contribution in [0.25, 0.3) is 5.69 Å². The van der Waals surface area contributed by atoms with Crippen molar-refractivity contribution in [3.8, 4) is 5.69 Å². The number of nitrogens with zero attached hydrogens (tertiary/aromatic N) is 1. The number of nitrogens with one attached hydrogen (secondary N) is 1. The lowest BCUT2D eigenvalue weighted by molar-refractivity contribution is 0.0880. The zero-order valence-corrected chi connectivity index (χ0v) is 17.2. The highest BCUT2D eigenvalue weighted by Gasteiger charge is 2.33. The van der Waals surface area contributed by atoms with Gasteiger partial charge in [0.25, 0.3) is 17.4 Å². The van der Waals surface area contributed by atoms with Gasteiger partial charge in [0.1, 0.15) is 5.82 Å². The van der Waals surface area contributed by atoms with Gasteiger partial charge in [-0.3, -0.25) is 24.3 Å². The number of hydrogen-bond donors (Lipinski definition) is 2. The van der Waals surface area contributed by atoms with Gasteiger partial charge in [0, 0.05) is 6.07 Å². The molecule has 1 aliphatic heterocycles. The first kappa shape index (κ1) is 19.9. The first-order valence-corrected chi connectivity index (χ1v) is 9.63. The van der Waals surface area contributed by atoms with E-state index in [1.807, 2.05) is 0 Å². The lowest BCUT2D eigenvalue weighted by Gasteiger charge is -2.25. The maximum absolute atomic E-state index is 13.0. The van der Waals surface area contributed by atoms with Crippen molar-refractivity contribution in [2.45, 2.75) is 59.3 Å². The maximum atomic E-state index is 13.0. The molecule has 148 valence electrons. The fraction of sp³-hybridized carbons (Fsp3) is 0.409. The molecule has 28 heavy (non-hydrogen) atoms. The first-order chi connectivity index (χ1) is 13.0. The number of pyridine rings is 1. The Labute approximate surface area is 164 Å². The van der Waals surface area contributed by atoms with Gasteiger partial charge in [-0.2, -0.15) is 0 Å². The van der Waals surface area contributed by atoms with Gasteiger partial charge in [-0.25, -0.2) is 0 Å². The number of benzene rings is 1. The molecule has 0 unspecified atom stereocenters. The molecule has 0 bridgehead atoms. The fourth-order valence-corrected chi connectivity index (χ4v) is 3.69. The summed E-state index contributed by atoms with van der Waals surface area (Å²) in [5.41, 5.74) is 9.90. The molecule has 2 amide bonds. The highest BCUT2D eigenvalue weighted by Crippen LogP contribution is 2.36. The van der Waals surface area contributed by atoms with E-state index < -0.39 is 17.4 Å². The molecule has 3 N–H and O–H groups in total. The van der Waals surface area contributed by atoms with Crippen LogP contribution in [0.2, 0.25) is 0 Å². The normalized spacial score (nSPS) is 13.6. The quantitative estimate of drug-likeness (QED) is 0.790. The summed E-state index contributed by atoms with van der Waals surface area (Å²) in [7, 11) is 0. The van der Waals surface area contributed by atoms with E-state index in [2.05, 4.69) is 59.0 Å². The van der Waals surface area contributed by atoms with Crippen LogP contribution < -0.4 is 16.6 Å². The molecule has 0 radical (unpaired) electrons. The summed E-state index contributed by atoms with van der Waals surface area (Å²) < 4.78 is 1.39. The summed E-state index contributed by atoms with van der Waals surface area (Å²) in [4.78, 5) is 37.2. The number of fused-ring (bicyclic) bond motifs is 1. The fourth-order valence-electron chi connectivity index (χ4n) is 3.69. The van der Waals surface area contributed by atoms with Crippen molar-refractivity contribution in [1.82, 2.24) is 9.88 Å². The minimum atomic E-state index is -0.584. The summed E-state index contributed by atoms with van der Waals surface area (Å²) in [6, 6.07) is 5.43. The van der Waals surface area contributed by atoms with Crippen LogP contribution in [0.3, 0.4) is 0 Å². The first-order valence-electron chi connectivity index (χ1n) is 9.63. The molecule has 6 nitrogen and oxygen atoms in total. The van der Waals surface area contributed by atoms with Crippen molar-refractivity contribution in [3.05, 3.63) is 56.4 Å². The Balaban J connectivity index is 2.46. The molecular weight excluding hydrogens is 354 g/mol. The lowest BCUT2D eigenvalue weighted by Crippen LogP contribution is -2.26. The number of carbonyl (C=O) groups excluding carboxylic acids is 2. The number of imide groups is 1. The number of rotatable bonds is 4. The van der Waals surface area contributed by atoms with E-state index in [-0.39, 0.29) is 28.8 Å². The predicted molar refractivity (Wildman–Crippen MR) is 111 cm³/mol. The van der Waals surface area contributed by atoms with Gasteiger partial charge < -0.3 is 5.73 Å². The summed E-state index contributed by atoms with van der Waals surface area (Å²) >= 11 is 0. The van der Waals surface area contributed by atoms with Crippen molar-refractivity contribution >= 4 is 17.6 Å². The number of nitrogens with two attached hydrogens (primary N) is 1.